The zero-order chi connectivity index (χ0) is 18.1. The van der Waals surface area contributed by atoms with Gasteiger partial charge in [-0.3, -0.25) is 9.36 Å². The molecule has 0 aliphatic heterocycles. The van der Waals surface area contributed by atoms with Crippen LogP contribution >= 0.6 is 11.6 Å². The van der Waals surface area contributed by atoms with E-state index in [1.165, 1.54) is 0 Å². The number of rotatable bonds is 4. The summed E-state index contributed by atoms with van der Waals surface area (Å²) < 4.78 is 1.97. The second-order valence-electron chi connectivity index (χ2n) is 6.06. The monoisotopic (exact) mass is 354 g/mol. The first-order valence-electron chi connectivity index (χ1n) is 8.00. The number of Topliss-reactive ketones (excluding diaryl/α,β-unsaturated/α-hetero) is 1. The van der Waals surface area contributed by atoms with E-state index in [1.807, 2.05) is 43.5 Å². The van der Waals surface area contributed by atoms with Crippen molar-refractivity contribution < 1.29 is 4.79 Å². The first-order chi connectivity index (χ1) is 11.9. The molecule has 0 aliphatic carbocycles. The minimum atomic E-state index is -0.481. The van der Waals surface area contributed by atoms with Crippen molar-refractivity contribution in [1.82, 2.24) is 19.5 Å². The SMILES string of the molecule is CC(=O)C(c1ccnc(Cl)c1)c1nc(C)n(-c2cccc(C)n2)c1C. The fraction of sp³-hybridized carbons (Fsp3) is 0.263. The molecule has 3 heterocycles. The van der Waals surface area contributed by atoms with E-state index in [4.69, 9.17) is 11.6 Å². The maximum absolute atomic E-state index is 12.4. The van der Waals surface area contributed by atoms with Crippen molar-refractivity contribution in [3.8, 4) is 5.82 Å². The Balaban J connectivity index is 2.16. The van der Waals surface area contributed by atoms with Gasteiger partial charge in [0.1, 0.15) is 22.6 Å². The Morgan fingerprint density at radius 2 is 1.92 bits per heavy atom. The van der Waals surface area contributed by atoms with Crippen molar-refractivity contribution in [2.24, 2.45) is 0 Å². The molecule has 0 spiro atoms. The Labute approximate surface area is 151 Å². The van der Waals surface area contributed by atoms with Gasteiger partial charge in [-0.2, -0.15) is 0 Å². The minimum absolute atomic E-state index is 0.00668. The van der Waals surface area contributed by atoms with Gasteiger partial charge < -0.3 is 0 Å². The quantitative estimate of drug-likeness (QED) is 0.665. The highest BCUT2D eigenvalue weighted by Crippen LogP contribution is 2.30. The van der Waals surface area contributed by atoms with Gasteiger partial charge in [-0.25, -0.2) is 15.0 Å². The van der Waals surface area contributed by atoms with E-state index in [-0.39, 0.29) is 5.78 Å². The standard InChI is InChI=1S/C19H19ClN4O/c1-11-6-5-7-17(22-11)24-12(2)19(23-14(24)4)18(13(3)25)15-8-9-21-16(20)10-15/h5-10,18H,1-4H3. The van der Waals surface area contributed by atoms with Crippen LogP contribution in [0.25, 0.3) is 5.82 Å². The summed E-state index contributed by atoms with van der Waals surface area (Å²) in [4.78, 5) is 25.6. The molecule has 0 saturated carbocycles. The lowest BCUT2D eigenvalue weighted by Crippen LogP contribution is -2.13. The van der Waals surface area contributed by atoms with E-state index in [1.54, 1.807) is 25.3 Å². The highest BCUT2D eigenvalue weighted by atomic mass is 35.5. The lowest BCUT2D eigenvalue weighted by molar-refractivity contribution is -0.117. The second kappa shape index (κ2) is 6.76. The van der Waals surface area contributed by atoms with Crippen LogP contribution in [-0.4, -0.2) is 25.3 Å². The maximum atomic E-state index is 12.4. The van der Waals surface area contributed by atoms with Gasteiger partial charge in [0.15, 0.2) is 0 Å². The number of carbonyl (C=O) groups is 1. The Morgan fingerprint density at radius 3 is 2.56 bits per heavy atom. The topological polar surface area (TPSA) is 60.7 Å². The lowest BCUT2D eigenvalue weighted by atomic mass is 9.92. The average Bonchev–Trinajstić information content (AvgIpc) is 2.82. The number of nitrogens with zero attached hydrogens (tertiary/aromatic N) is 4. The number of pyridine rings is 2. The summed E-state index contributed by atoms with van der Waals surface area (Å²) in [6.45, 7) is 7.39. The van der Waals surface area contributed by atoms with E-state index in [0.29, 0.717) is 5.15 Å². The predicted molar refractivity (Wildman–Crippen MR) is 97.3 cm³/mol. The number of ketones is 1. The van der Waals surface area contributed by atoms with Gasteiger partial charge in [0, 0.05) is 17.6 Å². The first-order valence-corrected chi connectivity index (χ1v) is 8.38. The summed E-state index contributed by atoms with van der Waals surface area (Å²) in [5, 5.41) is 0.359. The Morgan fingerprint density at radius 1 is 1.16 bits per heavy atom. The molecule has 128 valence electrons. The van der Waals surface area contributed by atoms with Crippen LogP contribution in [0.15, 0.2) is 36.5 Å². The summed E-state index contributed by atoms with van der Waals surface area (Å²) in [7, 11) is 0. The van der Waals surface area contributed by atoms with E-state index < -0.39 is 5.92 Å². The number of aryl methyl sites for hydroxylation is 2. The van der Waals surface area contributed by atoms with Crippen LogP contribution in [0.3, 0.4) is 0 Å². The first kappa shape index (κ1) is 17.3. The van der Waals surface area contributed by atoms with Gasteiger partial charge in [0.05, 0.1) is 11.6 Å². The molecule has 0 fully saturated rings. The molecule has 1 atom stereocenters. The molecule has 0 saturated heterocycles. The van der Waals surface area contributed by atoms with Crippen LogP contribution in [0.1, 0.15) is 41.3 Å². The molecule has 0 amide bonds. The zero-order valence-corrected chi connectivity index (χ0v) is 15.4. The molecule has 3 aromatic heterocycles. The highest BCUT2D eigenvalue weighted by Gasteiger charge is 2.26. The summed E-state index contributed by atoms with van der Waals surface area (Å²) in [5.41, 5.74) is 3.33. The van der Waals surface area contributed by atoms with Gasteiger partial charge in [0.25, 0.3) is 0 Å². The third kappa shape index (κ3) is 3.33. The fourth-order valence-electron chi connectivity index (χ4n) is 3.11. The largest absolute Gasteiger partial charge is 0.299 e. The number of imidazole rings is 1. The number of hydrogen-bond donors (Lipinski definition) is 0. The Hall–Kier alpha value is -2.53. The highest BCUT2D eigenvalue weighted by molar-refractivity contribution is 6.29. The molecule has 0 radical (unpaired) electrons. The molecule has 3 aromatic rings. The summed E-state index contributed by atoms with van der Waals surface area (Å²) in [6.07, 6.45) is 1.61. The molecular weight excluding hydrogens is 336 g/mol. The number of aromatic nitrogens is 4. The number of carbonyl (C=O) groups excluding carboxylic acids is 1. The predicted octanol–water partition coefficient (Wildman–Crippen LogP) is 3.96. The molecule has 25 heavy (non-hydrogen) atoms. The molecule has 0 N–H and O–H groups in total. The number of halogens is 1. The average molecular weight is 355 g/mol. The van der Waals surface area contributed by atoms with Gasteiger partial charge in [0.2, 0.25) is 0 Å². The van der Waals surface area contributed by atoms with Crippen LogP contribution in [0, 0.1) is 20.8 Å². The Bertz CT molecular complexity index is 948. The third-order valence-electron chi connectivity index (χ3n) is 4.18. The van der Waals surface area contributed by atoms with Crippen LogP contribution in [-0.2, 0) is 4.79 Å². The molecule has 0 aromatic carbocycles. The van der Waals surface area contributed by atoms with Crippen molar-refractivity contribution in [3.05, 3.63) is 70.2 Å². The van der Waals surface area contributed by atoms with Crippen LogP contribution in [0.2, 0.25) is 5.15 Å². The van der Waals surface area contributed by atoms with Gasteiger partial charge in [-0.1, -0.05) is 17.7 Å². The van der Waals surface area contributed by atoms with Gasteiger partial charge in [-0.05, 0) is 57.5 Å². The normalized spacial score (nSPS) is 12.2. The molecule has 5 nitrogen and oxygen atoms in total. The van der Waals surface area contributed by atoms with Gasteiger partial charge >= 0.3 is 0 Å². The number of hydrogen-bond acceptors (Lipinski definition) is 4. The smallest absolute Gasteiger partial charge is 0.143 e. The summed E-state index contributed by atoms with van der Waals surface area (Å²) in [6, 6.07) is 9.36. The molecule has 6 heteroatoms. The summed E-state index contributed by atoms with van der Waals surface area (Å²) in [5.74, 6) is 1.11. The van der Waals surface area contributed by atoms with E-state index in [0.717, 1.165) is 34.3 Å². The van der Waals surface area contributed by atoms with E-state index >= 15 is 0 Å². The van der Waals surface area contributed by atoms with Crippen LogP contribution in [0.5, 0.6) is 0 Å². The van der Waals surface area contributed by atoms with Crippen LogP contribution < -0.4 is 0 Å². The minimum Gasteiger partial charge on any atom is -0.299 e. The fourth-order valence-corrected chi connectivity index (χ4v) is 3.29. The van der Waals surface area contributed by atoms with E-state index in [2.05, 4.69) is 15.0 Å². The van der Waals surface area contributed by atoms with Crippen molar-refractivity contribution in [2.75, 3.05) is 0 Å². The van der Waals surface area contributed by atoms with Crippen molar-refractivity contribution in [3.63, 3.8) is 0 Å². The lowest BCUT2D eigenvalue weighted by Gasteiger charge is -2.14. The van der Waals surface area contributed by atoms with Crippen molar-refractivity contribution >= 4 is 17.4 Å². The van der Waals surface area contributed by atoms with E-state index in [9.17, 15) is 4.79 Å². The summed E-state index contributed by atoms with van der Waals surface area (Å²) >= 11 is 6.01. The zero-order valence-electron chi connectivity index (χ0n) is 14.6. The van der Waals surface area contributed by atoms with Crippen LogP contribution in [0.4, 0.5) is 0 Å². The molecular formula is C19H19ClN4O. The maximum Gasteiger partial charge on any atom is 0.143 e. The Kier molecular flexibility index (Phi) is 4.68. The molecule has 1 unspecified atom stereocenters. The molecule has 3 rings (SSSR count). The van der Waals surface area contributed by atoms with Crippen molar-refractivity contribution in [2.45, 2.75) is 33.6 Å². The third-order valence-corrected chi connectivity index (χ3v) is 4.39. The second-order valence-corrected chi connectivity index (χ2v) is 6.45. The molecule has 0 bridgehead atoms. The van der Waals surface area contributed by atoms with Gasteiger partial charge in [-0.15, -0.1) is 0 Å². The molecule has 0 aliphatic rings. The van der Waals surface area contributed by atoms with Crippen molar-refractivity contribution in [1.29, 1.82) is 0 Å².